The molecule has 1 saturated heterocycles. The van der Waals surface area contributed by atoms with Crippen LogP contribution in [0.3, 0.4) is 0 Å². The van der Waals surface area contributed by atoms with Gasteiger partial charge in [-0.2, -0.15) is 4.31 Å². The monoisotopic (exact) mass is 440 g/mol. The summed E-state index contributed by atoms with van der Waals surface area (Å²) in [5.74, 6) is -0.251. The molecule has 0 bridgehead atoms. The standard InChI is InChI=1S/C19H21ClN2O4S2/c20-15-9-8-14(13-18(15)28(25,26)22-10-1-2-11-22)21-19(24)7-3-5-16(23)17-6-4-12-27-17/h4,6,8-9,12-13H,1-3,5,7,10-11H2,(H,21,24). The number of hydrogen-bond donors (Lipinski definition) is 1. The summed E-state index contributed by atoms with van der Waals surface area (Å²) in [5.41, 5.74) is 0.372. The lowest BCUT2D eigenvalue weighted by Crippen LogP contribution is -2.28. The highest BCUT2D eigenvalue weighted by atomic mass is 35.5. The SMILES string of the molecule is O=C(CCCC(=O)c1cccs1)Nc1ccc(Cl)c(S(=O)(=O)N2CCCC2)c1. The van der Waals surface area contributed by atoms with Crippen LogP contribution < -0.4 is 5.32 Å². The first kappa shape index (κ1) is 21.0. The highest BCUT2D eigenvalue weighted by Gasteiger charge is 2.29. The van der Waals surface area contributed by atoms with E-state index in [0.29, 0.717) is 36.5 Å². The van der Waals surface area contributed by atoms with Gasteiger partial charge in [0.25, 0.3) is 0 Å². The van der Waals surface area contributed by atoms with Crippen molar-refractivity contribution in [3.8, 4) is 0 Å². The van der Waals surface area contributed by atoms with Crippen LogP contribution >= 0.6 is 22.9 Å². The molecule has 1 amide bonds. The van der Waals surface area contributed by atoms with Crippen molar-refractivity contribution in [2.24, 2.45) is 0 Å². The maximum atomic E-state index is 12.7. The maximum absolute atomic E-state index is 12.7. The number of nitrogens with one attached hydrogen (secondary N) is 1. The van der Waals surface area contributed by atoms with Crippen LogP contribution in [0.15, 0.2) is 40.6 Å². The highest BCUT2D eigenvalue weighted by Crippen LogP contribution is 2.29. The lowest BCUT2D eigenvalue weighted by molar-refractivity contribution is -0.116. The average molecular weight is 441 g/mol. The lowest BCUT2D eigenvalue weighted by atomic mass is 10.1. The van der Waals surface area contributed by atoms with Crippen molar-refractivity contribution in [2.75, 3.05) is 18.4 Å². The van der Waals surface area contributed by atoms with E-state index in [9.17, 15) is 18.0 Å². The van der Waals surface area contributed by atoms with E-state index in [0.717, 1.165) is 12.8 Å². The van der Waals surface area contributed by atoms with E-state index < -0.39 is 10.0 Å². The largest absolute Gasteiger partial charge is 0.326 e. The lowest BCUT2D eigenvalue weighted by Gasteiger charge is -2.17. The Morgan fingerprint density at radius 3 is 2.57 bits per heavy atom. The fourth-order valence-corrected chi connectivity index (χ4v) is 5.75. The van der Waals surface area contributed by atoms with E-state index >= 15 is 0 Å². The number of nitrogens with zero attached hydrogens (tertiary/aromatic N) is 1. The van der Waals surface area contributed by atoms with Crippen LogP contribution in [0.1, 0.15) is 41.8 Å². The highest BCUT2D eigenvalue weighted by molar-refractivity contribution is 7.89. The van der Waals surface area contributed by atoms with Gasteiger partial charge in [0.2, 0.25) is 15.9 Å². The molecule has 3 rings (SSSR count). The Balaban J connectivity index is 1.59. The minimum absolute atomic E-state index is 0.00161. The van der Waals surface area contributed by atoms with Gasteiger partial charge >= 0.3 is 0 Å². The van der Waals surface area contributed by atoms with E-state index in [1.165, 1.54) is 27.8 Å². The molecule has 0 radical (unpaired) electrons. The minimum atomic E-state index is -3.67. The fraction of sp³-hybridized carbons (Fsp3) is 0.368. The molecule has 1 fully saturated rings. The zero-order chi connectivity index (χ0) is 20.1. The zero-order valence-electron chi connectivity index (χ0n) is 15.2. The Hall–Kier alpha value is -1.74. The molecule has 0 unspecified atom stereocenters. The van der Waals surface area contributed by atoms with Gasteiger partial charge in [0.05, 0.1) is 9.90 Å². The average Bonchev–Trinajstić information content (AvgIpc) is 3.37. The summed E-state index contributed by atoms with van der Waals surface area (Å²) >= 11 is 7.49. The van der Waals surface area contributed by atoms with Gasteiger partial charge in [0, 0.05) is 31.6 Å². The molecule has 9 heteroatoms. The molecule has 1 aliphatic rings. The molecule has 2 heterocycles. The molecule has 28 heavy (non-hydrogen) atoms. The number of thiophene rings is 1. The predicted octanol–water partition coefficient (Wildman–Crippen LogP) is 4.18. The van der Waals surface area contributed by atoms with Gasteiger partial charge in [0.15, 0.2) is 5.78 Å². The number of carbonyl (C=O) groups is 2. The van der Waals surface area contributed by atoms with Crippen molar-refractivity contribution in [3.05, 3.63) is 45.6 Å². The molecule has 0 atom stereocenters. The first-order valence-electron chi connectivity index (χ1n) is 9.04. The first-order chi connectivity index (χ1) is 13.4. The zero-order valence-corrected chi connectivity index (χ0v) is 17.6. The van der Waals surface area contributed by atoms with Crippen LogP contribution in [0.4, 0.5) is 5.69 Å². The summed E-state index contributed by atoms with van der Waals surface area (Å²) in [6.45, 7) is 0.959. The van der Waals surface area contributed by atoms with Gasteiger partial charge in [-0.3, -0.25) is 9.59 Å². The molecule has 150 valence electrons. The van der Waals surface area contributed by atoms with Crippen LogP contribution in [0.2, 0.25) is 5.02 Å². The second-order valence-corrected chi connectivity index (χ2v) is 9.82. The van der Waals surface area contributed by atoms with Gasteiger partial charge in [-0.1, -0.05) is 17.7 Å². The Morgan fingerprint density at radius 2 is 1.89 bits per heavy atom. The van der Waals surface area contributed by atoms with E-state index in [4.69, 9.17) is 11.6 Å². The Bertz CT molecular complexity index is 952. The molecular weight excluding hydrogens is 420 g/mol. The Labute approximate surface area is 173 Å². The number of Topliss-reactive ketones (excluding diaryl/α,β-unsaturated/α-hetero) is 1. The second-order valence-electron chi connectivity index (χ2n) is 6.56. The molecule has 6 nitrogen and oxygen atoms in total. The van der Waals surface area contributed by atoms with Crippen LogP contribution in [0, 0.1) is 0 Å². The van der Waals surface area contributed by atoms with Crippen molar-refractivity contribution in [1.82, 2.24) is 4.31 Å². The summed E-state index contributed by atoms with van der Waals surface area (Å²) < 4.78 is 26.9. The van der Waals surface area contributed by atoms with Crippen molar-refractivity contribution in [3.63, 3.8) is 0 Å². The van der Waals surface area contributed by atoms with Gasteiger partial charge in [0.1, 0.15) is 4.90 Å². The summed E-state index contributed by atoms with van der Waals surface area (Å²) in [6, 6.07) is 8.02. The number of hydrogen-bond acceptors (Lipinski definition) is 5. The van der Waals surface area contributed by atoms with Crippen LogP contribution in [0.5, 0.6) is 0 Å². The summed E-state index contributed by atoms with van der Waals surface area (Å²) in [4.78, 5) is 24.8. The Kier molecular flexibility index (Phi) is 6.87. The van der Waals surface area contributed by atoms with Gasteiger partial charge in [-0.05, 0) is 48.9 Å². The van der Waals surface area contributed by atoms with Crippen molar-refractivity contribution in [1.29, 1.82) is 0 Å². The summed E-state index contributed by atoms with van der Waals surface area (Å²) in [7, 11) is -3.67. The predicted molar refractivity (Wildman–Crippen MR) is 111 cm³/mol. The van der Waals surface area contributed by atoms with E-state index in [2.05, 4.69) is 5.32 Å². The van der Waals surface area contributed by atoms with Crippen molar-refractivity contribution < 1.29 is 18.0 Å². The van der Waals surface area contributed by atoms with Crippen molar-refractivity contribution >= 4 is 50.3 Å². The van der Waals surface area contributed by atoms with Gasteiger partial charge in [-0.25, -0.2) is 8.42 Å². The molecule has 1 aliphatic heterocycles. The number of carbonyl (C=O) groups excluding carboxylic acids is 2. The quantitative estimate of drug-likeness (QED) is 0.624. The van der Waals surface area contributed by atoms with E-state index in [-0.39, 0.29) is 28.0 Å². The number of sulfonamides is 1. The molecule has 1 N–H and O–H groups in total. The smallest absolute Gasteiger partial charge is 0.244 e. The third-order valence-corrected chi connectivity index (χ3v) is 7.79. The number of ketones is 1. The number of rotatable bonds is 8. The normalized spacial score (nSPS) is 14.9. The molecular formula is C19H21ClN2O4S2. The van der Waals surface area contributed by atoms with Crippen LogP contribution in [0.25, 0.3) is 0 Å². The Morgan fingerprint density at radius 1 is 1.14 bits per heavy atom. The molecule has 0 saturated carbocycles. The van der Waals surface area contributed by atoms with Crippen LogP contribution in [-0.2, 0) is 14.8 Å². The molecule has 2 aromatic rings. The van der Waals surface area contributed by atoms with E-state index in [1.54, 1.807) is 12.1 Å². The molecule has 1 aromatic carbocycles. The summed E-state index contributed by atoms with van der Waals surface area (Å²) in [5, 5.41) is 4.66. The van der Waals surface area contributed by atoms with Crippen molar-refractivity contribution in [2.45, 2.75) is 37.0 Å². The first-order valence-corrected chi connectivity index (χ1v) is 11.7. The number of benzene rings is 1. The minimum Gasteiger partial charge on any atom is -0.326 e. The molecule has 0 spiro atoms. The molecule has 1 aromatic heterocycles. The van der Waals surface area contributed by atoms with Gasteiger partial charge < -0.3 is 5.32 Å². The summed E-state index contributed by atoms with van der Waals surface area (Å²) in [6.07, 6.45) is 2.56. The second kappa shape index (κ2) is 9.17. The third-order valence-electron chi connectivity index (χ3n) is 4.50. The fourth-order valence-electron chi connectivity index (χ4n) is 3.04. The number of amides is 1. The topological polar surface area (TPSA) is 83.5 Å². The molecule has 0 aliphatic carbocycles. The maximum Gasteiger partial charge on any atom is 0.244 e. The third kappa shape index (κ3) is 5.00. The van der Waals surface area contributed by atoms with Crippen LogP contribution in [-0.4, -0.2) is 37.5 Å². The number of halogens is 1. The van der Waals surface area contributed by atoms with E-state index in [1.807, 2.05) is 11.4 Å². The van der Waals surface area contributed by atoms with Gasteiger partial charge in [-0.15, -0.1) is 11.3 Å². The number of anilines is 1.